The first-order valence-corrected chi connectivity index (χ1v) is 7.81. The number of benzene rings is 1. The maximum Gasteiger partial charge on any atom is 0.119 e. The van der Waals surface area contributed by atoms with E-state index in [-0.39, 0.29) is 0 Å². The first-order valence-electron chi connectivity index (χ1n) is 7.01. The third kappa shape index (κ3) is 5.51. The zero-order valence-corrected chi connectivity index (χ0v) is 13.2. The van der Waals surface area contributed by atoms with Crippen molar-refractivity contribution in [2.24, 2.45) is 5.92 Å². The molecule has 0 spiro atoms. The van der Waals surface area contributed by atoms with E-state index in [1.165, 1.54) is 19.4 Å². The number of rotatable bonds is 6. The Balaban J connectivity index is 1.63. The van der Waals surface area contributed by atoms with Crippen molar-refractivity contribution in [1.29, 1.82) is 0 Å². The summed E-state index contributed by atoms with van der Waals surface area (Å²) in [6.45, 7) is 5.24. The molecule has 1 unspecified atom stereocenters. The number of nitrogens with zero attached hydrogens (tertiary/aromatic N) is 1. The van der Waals surface area contributed by atoms with Crippen molar-refractivity contribution in [1.82, 2.24) is 10.2 Å². The van der Waals surface area contributed by atoms with Crippen molar-refractivity contribution < 1.29 is 4.74 Å². The largest absolute Gasteiger partial charge is 0.492 e. The summed E-state index contributed by atoms with van der Waals surface area (Å²) < 4.78 is 6.83. The van der Waals surface area contributed by atoms with Gasteiger partial charge in [0.25, 0.3) is 0 Å². The summed E-state index contributed by atoms with van der Waals surface area (Å²) in [6.07, 6.45) is 2.67. The van der Waals surface area contributed by atoms with Crippen LogP contribution in [-0.4, -0.2) is 44.7 Å². The van der Waals surface area contributed by atoms with Gasteiger partial charge in [-0.1, -0.05) is 15.9 Å². The van der Waals surface area contributed by atoms with Gasteiger partial charge in [0.1, 0.15) is 12.4 Å². The molecule has 1 saturated heterocycles. The van der Waals surface area contributed by atoms with E-state index in [4.69, 9.17) is 4.74 Å². The summed E-state index contributed by atoms with van der Waals surface area (Å²) >= 11 is 3.42. The molecule has 1 N–H and O–H groups in total. The Morgan fingerprint density at radius 2 is 2.16 bits per heavy atom. The second kappa shape index (κ2) is 7.88. The SMILES string of the molecule is CN(CCOc1ccc(Br)cc1)CC1CCCNC1. The molecule has 1 heterocycles. The fraction of sp³-hybridized carbons (Fsp3) is 0.600. The number of ether oxygens (including phenoxy) is 1. The third-order valence-electron chi connectivity index (χ3n) is 3.52. The highest BCUT2D eigenvalue weighted by molar-refractivity contribution is 9.10. The van der Waals surface area contributed by atoms with Gasteiger partial charge in [-0.25, -0.2) is 0 Å². The zero-order valence-electron chi connectivity index (χ0n) is 11.6. The van der Waals surface area contributed by atoms with Crippen LogP contribution in [0.2, 0.25) is 0 Å². The summed E-state index contributed by atoms with van der Waals surface area (Å²) in [5.41, 5.74) is 0. The molecule has 1 aliphatic rings. The highest BCUT2D eigenvalue weighted by atomic mass is 79.9. The maximum atomic E-state index is 5.74. The lowest BCUT2D eigenvalue weighted by atomic mass is 9.99. The molecular weight excluding hydrogens is 304 g/mol. The van der Waals surface area contributed by atoms with E-state index in [2.05, 4.69) is 33.2 Å². The molecule has 2 rings (SSSR count). The Bertz CT molecular complexity index is 363. The Labute approximate surface area is 124 Å². The zero-order chi connectivity index (χ0) is 13.5. The normalized spacial score (nSPS) is 19.6. The van der Waals surface area contributed by atoms with Gasteiger partial charge >= 0.3 is 0 Å². The van der Waals surface area contributed by atoms with E-state index in [0.29, 0.717) is 0 Å². The van der Waals surface area contributed by atoms with E-state index in [0.717, 1.165) is 42.4 Å². The van der Waals surface area contributed by atoms with Crippen LogP contribution >= 0.6 is 15.9 Å². The van der Waals surface area contributed by atoms with Gasteiger partial charge in [-0.05, 0) is 63.2 Å². The average molecular weight is 327 g/mol. The van der Waals surface area contributed by atoms with Gasteiger partial charge in [-0.2, -0.15) is 0 Å². The average Bonchev–Trinajstić information content (AvgIpc) is 2.42. The fourth-order valence-corrected chi connectivity index (χ4v) is 2.73. The second-order valence-corrected chi connectivity index (χ2v) is 6.19. The standard InChI is InChI=1S/C15H23BrN2O/c1-18(12-13-3-2-8-17-11-13)9-10-19-15-6-4-14(16)5-7-15/h4-7,13,17H,2-3,8-12H2,1H3. The third-order valence-corrected chi connectivity index (χ3v) is 4.05. The van der Waals surface area contributed by atoms with E-state index >= 15 is 0 Å². The molecule has 3 nitrogen and oxygen atoms in total. The van der Waals surface area contributed by atoms with Crippen molar-refractivity contribution in [2.75, 3.05) is 39.8 Å². The molecule has 0 aromatic heterocycles. The lowest BCUT2D eigenvalue weighted by Crippen LogP contribution is -2.38. The quantitative estimate of drug-likeness (QED) is 0.870. The van der Waals surface area contributed by atoms with Gasteiger partial charge in [0.15, 0.2) is 0 Å². The van der Waals surface area contributed by atoms with Gasteiger partial charge in [-0.15, -0.1) is 0 Å². The molecule has 1 fully saturated rings. The Kier molecular flexibility index (Phi) is 6.14. The fourth-order valence-electron chi connectivity index (χ4n) is 2.46. The van der Waals surface area contributed by atoms with Gasteiger partial charge < -0.3 is 15.0 Å². The molecule has 19 heavy (non-hydrogen) atoms. The van der Waals surface area contributed by atoms with Crippen LogP contribution in [0, 0.1) is 5.92 Å². The number of nitrogens with one attached hydrogen (secondary N) is 1. The molecule has 0 saturated carbocycles. The summed E-state index contributed by atoms with van der Waals surface area (Å²) in [5.74, 6) is 1.74. The number of hydrogen-bond acceptors (Lipinski definition) is 3. The number of halogens is 1. The van der Waals surface area contributed by atoms with E-state index in [9.17, 15) is 0 Å². The number of piperidine rings is 1. The predicted molar refractivity (Wildman–Crippen MR) is 82.7 cm³/mol. The van der Waals surface area contributed by atoms with Crippen LogP contribution in [0.15, 0.2) is 28.7 Å². The lowest BCUT2D eigenvalue weighted by molar-refractivity contribution is 0.201. The highest BCUT2D eigenvalue weighted by Gasteiger charge is 2.14. The van der Waals surface area contributed by atoms with Crippen LogP contribution in [0.4, 0.5) is 0 Å². The van der Waals surface area contributed by atoms with Gasteiger partial charge in [-0.3, -0.25) is 0 Å². The predicted octanol–water partition coefficient (Wildman–Crippen LogP) is 2.76. The minimum atomic E-state index is 0.748. The molecule has 0 amide bonds. The van der Waals surface area contributed by atoms with Crippen LogP contribution in [0.3, 0.4) is 0 Å². The molecule has 1 aromatic carbocycles. The summed E-state index contributed by atoms with van der Waals surface area (Å²) in [4.78, 5) is 2.37. The van der Waals surface area contributed by atoms with E-state index in [1.807, 2.05) is 24.3 Å². The molecule has 0 aliphatic carbocycles. The molecular formula is C15H23BrN2O. The lowest BCUT2D eigenvalue weighted by Gasteiger charge is -2.27. The Morgan fingerprint density at radius 1 is 1.37 bits per heavy atom. The Morgan fingerprint density at radius 3 is 2.84 bits per heavy atom. The van der Waals surface area contributed by atoms with Crippen LogP contribution in [0.5, 0.6) is 5.75 Å². The second-order valence-electron chi connectivity index (χ2n) is 5.28. The minimum Gasteiger partial charge on any atom is -0.492 e. The monoisotopic (exact) mass is 326 g/mol. The van der Waals surface area contributed by atoms with E-state index < -0.39 is 0 Å². The number of likely N-dealkylation sites (N-methyl/N-ethyl adjacent to an activating group) is 1. The summed E-state index contributed by atoms with van der Waals surface area (Å²) in [6, 6.07) is 8.00. The molecule has 0 bridgehead atoms. The van der Waals surface area contributed by atoms with Gasteiger partial charge in [0.05, 0.1) is 0 Å². The van der Waals surface area contributed by atoms with Gasteiger partial charge in [0.2, 0.25) is 0 Å². The molecule has 0 radical (unpaired) electrons. The highest BCUT2D eigenvalue weighted by Crippen LogP contribution is 2.16. The van der Waals surface area contributed by atoms with Crippen LogP contribution in [0.1, 0.15) is 12.8 Å². The van der Waals surface area contributed by atoms with Crippen LogP contribution in [-0.2, 0) is 0 Å². The molecule has 106 valence electrons. The van der Waals surface area contributed by atoms with Crippen LogP contribution in [0.25, 0.3) is 0 Å². The molecule has 1 aromatic rings. The van der Waals surface area contributed by atoms with Crippen molar-refractivity contribution >= 4 is 15.9 Å². The first-order chi connectivity index (χ1) is 9.24. The topological polar surface area (TPSA) is 24.5 Å². The van der Waals surface area contributed by atoms with Crippen molar-refractivity contribution in [3.8, 4) is 5.75 Å². The summed E-state index contributed by atoms with van der Waals surface area (Å²) in [5, 5.41) is 3.47. The van der Waals surface area contributed by atoms with Crippen molar-refractivity contribution in [3.05, 3.63) is 28.7 Å². The molecule has 1 aliphatic heterocycles. The Hall–Kier alpha value is -0.580. The van der Waals surface area contributed by atoms with Crippen molar-refractivity contribution in [3.63, 3.8) is 0 Å². The van der Waals surface area contributed by atoms with Crippen molar-refractivity contribution in [2.45, 2.75) is 12.8 Å². The summed E-state index contributed by atoms with van der Waals surface area (Å²) in [7, 11) is 2.18. The van der Waals surface area contributed by atoms with Gasteiger partial charge in [0, 0.05) is 17.6 Å². The molecule has 1 atom stereocenters. The minimum absolute atomic E-state index is 0.748. The first kappa shape index (κ1) is 14.8. The van der Waals surface area contributed by atoms with E-state index in [1.54, 1.807) is 0 Å². The smallest absolute Gasteiger partial charge is 0.119 e. The maximum absolute atomic E-state index is 5.74. The van der Waals surface area contributed by atoms with Crippen LogP contribution < -0.4 is 10.1 Å². The molecule has 4 heteroatoms. The number of hydrogen-bond donors (Lipinski definition) is 1.